The van der Waals surface area contributed by atoms with Crippen molar-refractivity contribution in [1.82, 2.24) is 5.43 Å². The number of thioether (sulfide) groups is 3. The molecule has 0 aromatic carbocycles. The third kappa shape index (κ3) is 10.9. The van der Waals surface area contributed by atoms with Gasteiger partial charge in [-0.2, -0.15) is 35.3 Å². The van der Waals surface area contributed by atoms with Gasteiger partial charge in [0.25, 0.3) is 0 Å². The van der Waals surface area contributed by atoms with Crippen molar-refractivity contribution < 1.29 is 4.79 Å². The summed E-state index contributed by atoms with van der Waals surface area (Å²) >= 11 is 5.82. The Balaban J connectivity index is 3.29. The summed E-state index contributed by atoms with van der Waals surface area (Å²) in [4.78, 5) is 11.2. The van der Waals surface area contributed by atoms with E-state index in [1.165, 1.54) is 22.8 Å². The Morgan fingerprint density at radius 1 is 1.05 bits per heavy atom. The summed E-state index contributed by atoms with van der Waals surface area (Å²) in [6.45, 7) is 10.2. The van der Waals surface area contributed by atoms with E-state index in [0.717, 1.165) is 17.3 Å². The average Bonchev–Trinajstić information content (AvgIpc) is 2.43. The van der Waals surface area contributed by atoms with Crippen molar-refractivity contribution in [2.75, 3.05) is 34.5 Å². The second kappa shape index (κ2) is 12.9. The van der Waals surface area contributed by atoms with Gasteiger partial charge < -0.3 is 0 Å². The molecule has 1 amide bonds. The second-order valence-electron chi connectivity index (χ2n) is 4.92. The summed E-state index contributed by atoms with van der Waals surface area (Å²) < 4.78 is 0. The van der Waals surface area contributed by atoms with E-state index < -0.39 is 0 Å². The van der Waals surface area contributed by atoms with E-state index in [9.17, 15) is 4.79 Å². The highest BCUT2D eigenvalue weighted by molar-refractivity contribution is 8.04. The van der Waals surface area contributed by atoms with E-state index >= 15 is 0 Å². The van der Waals surface area contributed by atoms with Crippen LogP contribution in [0.3, 0.4) is 0 Å². The molecule has 6 heteroatoms. The Kier molecular flexibility index (Phi) is 13.1. The fourth-order valence-electron chi connectivity index (χ4n) is 1.22. The summed E-state index contributed by atoms with van der Waals surface area (Å²) in [5.74, 6) is 12.3. The van der Waals surface area contributed by atoms with Crippen LogP contribution in [0.1, 0.15) is 20.8 Å². The number of carbonyl (C=O) groups excluding carboxylic acids is 1. The smallest absolute Gasteiger partial charge is 0.237 e. The molecule has 20 heavy (non-hydrogen) atoms. The Morgan fingerprint density at radius 3 is 1.95 bits per heavy atom. The SMILES string of the molecule is C=C(C)C(C)CSCCSCCSCC(C)C(=O)NN. The summed E-state index contributed by atoms with van der Waals surface area (Å²) in [6.07, 6.45) is 0. The van der Waals surface area contributed by atoms with Crippen molar-refractivity contribution >= 4 is 41.2 Å². The lowest BCUT2D eigenvalue weighted by Crippen LogP contribution is -2.35. The Labute approximate surface area is 136 Å². The lowest BCUT2D eigenvalue weighted by molar-refractivity contribution is -0.123. The minimum atomic E-state index is -0.0758. The highest BCUT2D eigenvalue weighted by Gasteiger charge is 2.10. The molecule has 118 valence electrons. The Bertz CT molecular complexity index is 288. The van der Waals surface area contributed by atoms with Crippen LogP contribution in [0.4, 0.5) is 0 Å². The van der Waals surface area contributed by atoms with Gasteiger partial charge in [0.2, 0.25) is 5.91 Å². The number of hydrogen-bond acceptors (Lipinski definition) is 5. The maximum absolute atomic E-state index is 11.2. The van der Waals surface area contributed by atoms with Crippen molar-refractivity contribution in [3.63, 3.8) is 0 Å². The van der Waals surface area contributed by atoms with Crippen molar-refractivity contribution in [2.45, 2.75) is 20.8 Å². The van der Waals surface area contributed by atoms with Crippen LogP contribution in [0.15, 0.2) is 12.2 Å². The van der Waals surface area contributed by atoms with Crippen LogP contribution in [0.5, 0.6) is 0 Å². The van der Waals surface area contributed by atoms with Crippen molar-refractivity contribution in [2.24, 2.45) is 17.7 Å². The molecule has 0 saturated carbocycles. The van der Waals surface area contributed by atoms with Gasteiger partial charge in [-0.15, -0.1) is 0 Å². The van der Waals surface area contributed by atoms with E-state index in [0.29, 0.717) is 5.92 Å². The molecule has 0 spiro atoms. The fraction of sp³-hybridized carbons (Fsp3) is 0.786. The van der Waals surface area contributed by atoms with Gasteiger partial charge >= 0.3 is 0 Å². The van der Waals surface area contributed by atoms with Gasteiger partial charge in [-0.25, -0.2) is 5.84 Å². The first-order valence-electron chi connectivity index (χ1n) is 6.88. The molecule has 0 rings (SSSR count). The van der Waals surface area contributed by atoms with Gasteiger partial charge in [-0.3, -0.25) is 10.2 Å². The molecule has 3 N–H and O–H groups in total. The van der Waals surface area contributed by atoms with Crippen LogP contribution >= 0.6 is 35.3 Å². The number of carbonyl (C=O) groups is 1. The number of amides is 1. The van der Waals surface area contributed by atoms with Crippen LogP contribution < -0.4 is 11.3 Å². The van der Waals surface area contributed by atoms with Crippen LogP contribution in [0.25, 0.3) is 0 Å². The minimum Gasteiger partial charge on any atom is -0.294 e. The number of rotatable bonds is 12. The van der Waals surface area contributed by atoms with Crippen LogP contribution in [-0.2, 0) is 4.79 Å². The molecule has 2 atom stereocenters. The highest BCUT2D eigenvalue weighted by Crippen LogP contribution is 2.17. The van der Waals surface area contributed by atoms with E-state index in [4.69, 9.17) is 5.84 Å². The molecule has 3 nitrogen and oxygen atoms in total. The summed E-state index contributed by atoms with van der Waals surface area (Å²) in [5, 5.41) is 0. The molecule has 2 unspecified atom stereocenters. The van der Waals surface area contributed by atoms with E-state index in [1.54, 1.807) is 0 Å². The number of allylic oxidation sites excluding steroid dienone is 1. The third-order valence-corrected chi connectivity index (χ3v) is 6.87. The first kappa shape index (κ1) is 20.2. The second-order valence-corrected chi connectivity index (χ2v) is 8.44. The zero-order valence-electron chi connectivity index (χ0n) is 12.8. The highest BCUT2D eigenvalue weighted by atomic mass is 32.2. The zero-order chi connectivity index (χ0) is 15.4. The normalized spacial score (nSPS) is 13.8. The van der Waals surface area contributed by atoms with Gasteiger partial charge in [-0.1, -0.05) is 26.0 Å². The first-order valence-corrected chi connectivity index (χ1v) is 10.3. The van der Waals surface area contributed by atoms with Crippen LogP contribution in [0.2, 0.25) is 0 Å². The average molecular weight is 337 g/mol. The molecule has 0 aliphatic rings. The number of hydrogen-bond donors (Lipinski definition) is 2. The number of nitrogens with one attached hydrogen (secondary N) is 1. The molecule has 0 fully saturated rings. The van der Waals surface area contributed by atoms with Crippen LogP contribution in [-0.4, -0.2) is 40.4 Å². The molecule has 0 saturated heterocycles. The van der Waals surface area contributed by atoms with Crippen molar-refractivity contribution in [3.05, 3.63) is 12.2 Å². The largest absolute Gasteiger partial charge is 0.294 e. The number of nitrogens with two attached hydrogens (primary N) is 1. The Morgan fingerprint density at radius 2 is 1.50 bits per heavy atom. The van der Waals surface area contributed by atoms with Crippen molar-refractivity contribution in [3.8, 4) is 0 Å². The van der Waals surface area contributed by atoms with Gasteiger partial charge in [-0.05, 0) is 18.6 Å². The maximum Gasteiger partial charge on any atom is 0.237 e. The molecular weight excluding hydrogens is 308 g/mol. The molecule has 0 heterocycles. The van der Waals surface area contributed by atoms with E-state index in [1.807, 2.05) is 42.2 Å². The topological polar surface area (TPSA) is 55.1 Å². The summed E-state index contributed by atoms with van der Waals surface area (Å²) in [5.41, 5.74) is 3.47. The van der Waals surface area contributed by atoms with Gasteiger partial charge in [0.1, 0.15) is 0 Å². The molecule has 0 aliphatic carbocycles. The predicted octanol–water partition coefficient (Wildman–Crippen LogP) is 3.02. The fourth-order valence-corrected chi connectivity index (χ4v) is 4.78. The molecule has 0 aromatic heterocycles. The van der Waals surface area contributed by atoms with Gasteiger partial charge in [0.05, 0.1) is 0 Å². The zero-order valence-corrected chi connectivity index (χ0v) is 15.3. The molecule has 0 radical (unpaired) electrons. The minimum absolute atomic E-state index is 0.00538. The quantitative estimate of drug-likeness (QED) is 0.189. The van der Waals surface area contributed by atoms with E-state index in [2.05, 4.69) is 25.9 Å². The Hall–Kier alpha value is 0.220. The van der Waals surface area contributed by atoms with Crippen LogP contribution in [0, 0.1) is 11.8 Å². The molecule has 0 aromatic rings. The van der Waals surface area contributed by atoms with E-state index in [-0.39, 0.29) is 11.8 Å². The number of hydrazine groups is 1. The third-order valence-electron chi connectivity index (χ3n) is 2.91. The first-order chi connectivity index (χ1) is 9.49. The molecular formula is C14H28N2OS3. The van der Waals surface area contributed by atoms with Crippen molar-refractivity contribution in [1.29, 1.82) is 0 Å². The lowest BCUT2D eigenvalue weighted by atomic mass is 10.1. The monoisotopic (exact) mass is 336 g/mol. The molecule has 0 aliphatic heterocycles. The maximum atomic E-state index is 11.2. The summed E-state index contributed by atoms with van der Waals surface area (Å²) in [7, 11) is 0. The van der Waals surface area contributed by atoms with Gasteiger partial charge in [0, 0.05) is 34.7 Å². The summed E-state index contributed by atoms with van der Waals surface area (Å²) in [6, 6.07) is 0. The predicted molar refractivity (Wildman–Crippen MR) is 97.4 cm³/mol. The molecule has 0 bridgehead atoms. The lowest BCUT2D eigenvalue weighted by Gasteiger charge is -2.10. The van der Waals surface area contributed by atoms with Gasteiger partial charge in [0.15, 0.2) is 0 Å². The standard InChI is InChI=1S/C14H28N2OS3/c1-11(2)12(3)9-19-7-5-18-6-8-20-10-13(4)14(17)16-15/h12-13H,1,5-10,15H2,2-4H3,(H,16,17).